The molecule has 2 aromatic carbocycles. The summed E-state index contributed by atoms with van der Waals surface area (Å²) in [5.41, 5.74) is 3.96. The van der Waals surface area contributed by atoms with Crippen molar-refractivity contribution < 1.29 is 65.2 Å². The summed E-state index contributed by atoms with van der Waals surface area (Å²) in [5, 5.41) is 42.1. The first-order valence-corrected chi connectivity index (χ1v) is 23.9. The maximum atomic E-state index is 12.6. The van der Waals surface area contributed by atoms with Crippen molar-refractivity contribution in [2.24, 2.45) is 0 Å². The van der Waals surface area contributed by atoms with Crippen LogP contribution in [0.15, 0.2) is 82.3 Å². The summed E-state index contributed by atoms with van der Waals surface area (Å²) < 4.78 is 80.5. The number of likely N-dealkylation sites (N-methyl/N-ethyl adjacent to an activating group) is 1. The van der Waals surface area contributed by atoms with Crippen LogP contribution in [0.4, 0.5) is 11.4 Å². The van der Waals surface area contributed by atoms with Crippen LogP contribution in [0.1, 0.15) is 90.7 Å². The normalized spacial score (nSPS) is 24.1. The number of anilines is 1. The van der Waals surface area contributed by atoms with Crippen LogP contribution in [-0.4, -0.2) is 126 Å². The highest BCUT2D eigenvalue weighted by atomic mass is 32.2. The molecule has 18 heteroatoms. The molecule has 0 spiro atoms. The molecular formula is C44H62N3O13S2+. The highest BCUT2D eigenvalue weighted by Gasteiger charge is 2.46. The summed E-state index contributed by atoms with van der Waals surface area (Å²) in [6.45, 7) is 11.4. The molecule has 1 fully saturated rings. The van der Waals surface area contributed by atoms with Gasteiger partial charge in [0.1, 0.15) is 31.0 Å². The fourth-order valence-corrected chi connectivity index (χ4v) is 9.44. The molecular weight excluding hydrogens is 843 g/mol. The predicted molar refractivity (Wildman–Crippen MR) is 233 cm³/mol. The number of hydrogen-bond donors (Lipinski definition) is 7. The average Bonchev–Trinajstić information content (AvgIpc) is 3.56. The Kier molecular flexibility index (Phi) is 16.1. The van der Waals surface area contributed by atoms with Crippen molar-refractivity contribution in [2.75, 3.05) is 37.7 Å². The maximum absolute atomic E-state index is 12.6. The van der Waals surface area contributed by atoms with Gasteiger partial charge in [0, 0.05) is 67.0 Å². The number of ether oxygens (including phenoxy) is 2. The standard InChI is InChI=1S/C44H61N3O13S2/c1-6-46-33-21-19-29(61(53,54)55)26-31(33)43(2,3)36(46)16-10-7-11-17-37-44(4,5)32-27-30(62(56,57)58)20-22-34(32)47(37)24-14-8-12-18-38(49)45-23-13-9-15-25-59-42-41(52)40(51)39(50)35(28-48)60-42/h7,10-11,16-17,19-22,26-27,35,39-42,48,50-52H,6,8-9,12-15,18,23-25,28H2,1-5H3,(H2-,45,49,53,54,55,56,57,58)/p+1/t35-,39+,40+,41-,42?/m1/s1. The number of rotatable bonds is 20. The number of carbonyl (C=O) groups excluding carboxylic acids is 1. The molecule has 1 amide bonds. The van der Waals surface area contributed by atoms with Gasteiger partial charge in [-0.1, -0.05) is 32.1 Å². The smallest absolute Gasteiger partial charge is 0.294 e. The second kappa shape index (κ2) is 20.3. The van der Waals surface area contributed by atoms with Gasteiger partial charge in [0.15, 0.2) is 12.0 Å². The van der Waals surface area contributed by atoms with Crippen LogP contribution in [0.25, 0.3) is 0 Å². The quantitative estimate of drug-likeness (QED) is 0.0430. The Morgan fingerprint density at radius 3 is 2.16 bits per heavy atom. The highest BCUT2D eigenvalue weighted by molar-refractivity contribution is 7.86. The van der Waals surface area contributed by atoms with Gasteiger partial charge in [-0.2, -0.15) is 21.4 Å². The van der Waals surface area contributed by atoms with Crippen LogP contribution in [0, 0.1) is 0 Å². The Morgan fingerprint density at radius 1 is 0.839 bits per heavy atom. The van der Waals surface area contributed by atoms with Gasteiger partial charge in [0.05, 0.1) is 21.8 Å². The van der Waals surface area contributed by atoms with Crippen LogP contribution < -0.4 is 10.2 Å². The van der Waals surface area contributed by atoms with E-state index >= 15 is 0 Å². The lowest BCUT2D eigenvalue weighted by molar-refractivity contribution is -0.438. The molecule has 0 bridgehead atoms. The van der Waals surface area contributed by atoms with E-state index in [0.717, 1.165) is 53.2 Å². The van der Waals surface area contributed by atoms with Crippen molar-refractivity contribution in [1.82, 2.24) is 5.32 Å². The number of allylic oxidation sites excluding steroid dienone is 6. The van der Waals surface area contributed by atoms with Gasteiger partial charge >= 0.3 is 0 Å². The minimum Gasteiger partial charge on any atom is -0.394 e. The topological polar surface area (TPSA) is 243 Å². The molecule has 5 atom stereocenters. The first-order valence-electron chi connectivity index (χ1n) is 21.1. The maximum Gasteiger partial charge on any atom is 0.294 e. The van der Waals surface area contributed by atoms with E-state index in [1.165, 1.54) is 24.3 Å². The average molecular weight is 905 g/mol. The summed E-state index contributed by atoms with van der Waals surface area (Å²) >= 11 is 0. The van der Waals surface area contributed by atoms with Crippen LogP contribution in [0.2, 0.25) is 0 Å². The first-order chi connectivity index (χ1) is 29.1. The van der Waals surface area contributed by atoms with Gasteiger partial charge in [0.2, 0.25) is 11.6 Å². The number of hydrogen-bond acceptors (Lipinski definition) is 12. The van der Waals surface area contributed by atoms with Gasteiger partial charge in [-0.05, 0) is 94.8 Å². The molecule has 0 saturated carbocycles. The number of unbranched alkanes of at least 4 members (excludes halogenated alkanes) is 4. The lowest BCUT2D eigenvalue weighted by Crippen LogP contribution is -2.59. The summed E-state index contributed by atoms with van der Waals surface area (Å²) in [5.74, 6) is -0.0558. The third-order valence-electron chi connectivity index (χ3n) is 11.9. The number of nitrogens with one attached hydrogen (secondary N) is 1. The summed E-state index contributed by atoms with van der Waals surface area (Å²) in [6, 6.07) is 9.26. The number of nitrogens with zero attached hydrogens (tertiary/aromatic N) is 2. The number of benzene rings is 2. The van der Waals surface area contributed by atoms with E-state index < -0.39 is 68.4 Å². The lowest BCUT2D eigenvalue weighted by Gasteiger charge is -2.39. The molecule has 16 nitrogen and oxygen atoms in total. The Morgan fingerprint density at radius 2 is 1.50 bits per heavy atom. The number of amides is 1. The molecule has 1 saturated heterocycles. The zero-order valence-electron chi connectivity index (χ0n) is 36.0. The van der Waals surface area contributed by atoms with Crippen LogP contribution in [0.3, 0.4) is 0 Å². The SMILES string of the molecule is CCN1/C(=C/C=C/C=C/C2=[N+](CCCCCC(=O)NCCCCCOC3O[C@H](CO)[C@H](O)[C@H](O)[C@H]3O)c3ccc(S(=O)(=O)O)cc3C2(C)C)C(C)(C)c2cc(S(=O)(=O)O)ccc21. The molecule has 1 unspecified atom stereocenters. The van der Waals surface area contributed by atoms with E-state index in [-0.39, 0.29) is 22.3 Å². The third-order valence-corrected chi connectivity index (χ3v) is 13.6. The molecule has 0 radical (unpaired) electrons. The fourth-order valence-electron chi connectivity index (χ4n) is 8.43. The molecule has 3 aliphatic heterocycles. The molecule has 7 N–H and O–H groups in total. The molecule has 5 rings (SSSR count). The second-order valence-electron chi connectivity index (χ2n) is 16.9. The van der Waals surface area contributed by atoms with Crippen LogP contribution in [0.5, 0.6) is 0 Å². The predicted octanol–water partition coefficient (Wildman–Crippen LogP) is 4.03. The van der Waals surface area contributed by atoms with Crippen molar-refractivity contribution in [2.45, 2.75) is 131 Å². The fraction of sp³-hybridized carbons (Fsp3) is 0.545. The number of carbonyl (C=O) groups is 1. The van der Waals surface area contributed by atoms with Gasteiger partial charge in [-0.25, -0.2) is 0 Å². The van der Waals surface area contributed by atoms with E-state index in [1.807, 2.05) is 65.0 Å². The van der Waals surface area contributed by atoms with Crippen LogP contribution >= 0.6 is 0 Å². The highest BCUT2D eigenvalue weighted by Crippen LogP contribution is 2.48. The number of aliphatic hydroxyl groups is 4. The zero-order chi connectivity index (χ0) is 45.6. The molecule has 3 aliphatic rings. The largest absolute Gasteiger partial charge is 0.394 e. The second-order valence-corrected chi connectivity index (χ2v) is 19.8. The van der Waals surface area contributed by atoms with Crippen molar-refractivity contribution in [3.63, 3.8) is 0 Å². The Hall–Kier alpha value is -3.82. The van der Waals surface area contributed by atoms with E-state index in [2.05, 4.69) is 14.8 Å². The van der Waals surface area contributed by atoms with Gasteiger partial charge in [-0.3, -0.25) is 13.9 Å². The lowest BCUT2D eigenvalue weighted by atomic mass is 9.81. The van der Waals surface area contributed by atoms with Gasteiger partial charge in [0.25, 0.3) is 20.2 Å². The Labute approximate surface area is 364 Å². The number of aliphatic hydroxyl groups excluding tert-OH is 4. The molecule has 62 heavy (non-hydrogen) atoms. The number of fused-ring (bicyclic) bond motifs is 2. The van der Waals surface area contributed by atoms with E-state index in [4.69, 9.17) is 9.47 Å². The molecule has 342 valence electrons. The third kappa shape index (κ3) is 11.1. The summed E-state index contributed by atoms with van der Waals surface area (Å²) in [7, 11) is -8.80. The van der Waals surface area contributed by atoms with E-state index in [0.29, 0.717) is 45.3 Å². The Bertz CT molecular complexity index is 2280. The van der Waals surface area contributed by atoms with E-state index in [9.17, 15) is 51.2 Å². The summed E-state index contributed by atoms with van der Waals surface area (Å²) in [6.07, 6.45) is 7.70. The van der Waals surface area contributed by atoms with Crippen molar-refractivity contribution >= 4 is 43.2 Å². The molecule has 0 aromatic heterocycles. The summed E-state index contributed by atoms with van der Waals surface area (Å²) in [4.78, 5) is 14.4. The van der Waals surface area contributed by atoms with Crippen molar-refractivity contribution in [3.05, 3.63) is 83.6 Å². The zero-order valence-corrected chi connectivity index (χ0v) is 37.6. The van der Waals surface area contributed by atoms with Crippen molar-refractivity contribution in [3.8, 4) is 0 Å². The minimum absolute atomic E-state index is 0.0558. The molecule has 2 aromatic rings. The van der Waals surface area contributed by atoms with Gasteiger partial charge < -0.3 is 40.1 Å². The van der Waals surface area contributed by atoms with Gasteiger partial charge in [-0.15, -0.1) is 0 Å². The minimum atomic E-state index is -4.43. The monoisotopic (exact) mass is 904 g/mol. The first kappa shape index (κ1) is 49.2. The van der Waals surface area contributed by atoms with Crippen LogP contribution in [-0.2, 0) is 45.3 Å². The van der Waals surface area contributed by atoms with E-state index in [1.54, 1.807) is 12.1 Å². The van der Waals surface area contributed by atoms with Crippen molar-refractivity contribution in [1.29, 1.82) is 0 Å². The molecule has 3 heterocycles. The molecule has 0 aliphatic carbocycles. The Balaban J connectivity index is 1.16.